The quantitative estimate of drug-likeness (QED) is 0.614. The molecule has 0 saturated heterocycles. The van der Waals surface area contributed by atoms with Gasteiger partial charge in [0.05, 0.1) is 0 Å². The monoisotopic (exact) mass is 306 g/mol. The minimum atomic E-state index is -0.250. The third-order valence-corrected chi connectivity index (χ3v) is 5.01. The van der Waals surface area contributed by atoms with E-state index in [1.54, 1.807) is 6.07 Å². The van der Waals surface area contributed by atoms with E-state index < -0.39 is 0 Å². The Balaban J connectivity index is 1.95. The fourth-order valence-corrected chi connectivity index (χ4v) is 3.86. The van der Waals surface area contributed by atoms with Crippen LogP contribution in [0.2, 0.25) is 0 Å². The zero-order valence-corrected chi connectivity index (χ0v) is 12.9. The maximum atomic E-state index is 14.7. The van der Waals surface area contributed by atoms with Crippen LogP contribution in [0, 0.1) is 5.82 Å². The molecule has 1 aliphatic rings. The Morgan fingerprint density at radius 2 is 1.65 bits per heavy atom. The van der Waals surface area contributed by atoms with Crippen LogP contribution in [0.15, 0.2) is 54.6 Å². The van der Waals surface area contributed by atoms with Gasteiger partial charge in [-0.2, -0.15) is 0 Å². The Morgan fingerprint density at radius 3 is 2.48 bits per heavy atom. The summed E-state index contributed by atoms with van der Waals surface area (Å²) in [6.45, 7) is 0. The molecule has 0 aromatic heterocycles. The van der Waals surface area contributed by atoms with Crippen LogP contribution in [0.4, 0.5) is 4.39 Å². The van der Waals surface area contributed by atoms with Crippen molar-refractivity contribution in [2.75, 3.05) is 0 Å². The summed E-state index contributed by atoms with van der Waals surface area (Å²) in [5, 5.41) is 12.5. The van der Waals surface area contributed by atoms with E-state index in [1.165, 1.54) is 18.9 Å². The fraction of sp³-hybridized carbons (Fsp3) is 0.238. The number of aromatic hydroxyl groups is 1. The first-order valence-electron chi connectivity index (χ1n) is 8.25. The number of benzene rings is 3. The van der Waals surface area contributed by atoms with Crippen LogP contribution in [0.5, 0.6) is 5.75 Å². The molecule has 0 amide bonds. The van der Waals surface area contributed by atoms with Gasteiger partial charge in [0.25, 0.3) is 0 Å². The van der Waals surface area contributed by atoms with Crippen LogP contribution in [0.3, 0.4) is 0 Å². The van der Waals surface area contributed by atoms with E-state index in [4.69, 9.17) is 0 Å². The first-order chi connectivity index (χ1) is 11.3. The lowest BCUT2D eigenvalue weighted by Gasteiger charge is -2.18. The SMILES string of the molecule is Oc1c(-c2c(F)cccc2C2CCCC2)ccc2ccccc12. The summed E-state index contributed by atoms with van der Waals surface area (Å²) in [7, 11) is 0. The van der Waals surface area contributed by atoms with Crippen LogP contribution in [-0.2, 0) is 0 Å². The van der Waals surface area contributed by atoms with Crippen molar-refractivity contribution in [2.45, 2.75) is 31.6 Å². The third kappa shape index (κ3) is 2.39. The molecule has 0 spiro atoms. The molecule has 0 bridgehead atoms. The number of hydrogen-bond donors (Lipinski definition) is 1. The molecule has 3 aromatic rings. The number of phenols is 1. The Hall–Kier alpha value is -2.35. The summed E-state index contributed by atoms with van der Waals surface area (Å²) in [6, 6.07) is 16.8. The minimum Gasteiger partial charge on any atom is -0.507 e. The van der Waals surface area contributed by atoms with Gasteiger partial charge in [-0.1, -0.05) is 55.3 Å². The van der Waals surface area contributed by atoms with E-state index in [9.17, 15) is 9.50 Å². The van der Waals surface area contributed by atoms with Crippen molar-refractivity contribution in [3.63, 3.8) is 0 Å². The molecule has 1 N–H and O–H groups in total. The van der Waals surface area contributed by atoms with Crippen LogP contribution < -0.4 is 0 Å². The smallest absolute Gasteiger partial charge is 0.131 e. The van der Waals surface area contributed by atoms with Crippen molar-refractivity contribution in [2.24, 2.45) is 0 Å². The van der Waals surface area contributed by atoms with Gasteiger partial charge in [0.2, 0.25) is 0 Å². The fourth-order valence-electron chi connectivity index (χ4n) is 3.86. The number of phenolic OH excluding ortho intramolecular Hbond substituents is 1. The molecule has 1 saturated carbocycles. The first-order valence-corrected chi connectivity index (χ1v) is 8.25. The Labute approximate surface area is 135 Å². The second-order valence-electron chi connectivity index (χ2n) is 6.37. The Bertz CT molecular complexity index is 863. The van der Waals surface area contributed by atoms with Crippen molar-refractivity contribution in [1.29, 1.82) is 0 Å². The van der Waals surface area contributed by atoms with Crippen LogP contribution in [-0.4, -0.2) is 5.11 Å². The van der Waals surface area contributed by atoms with Crippen molar-refractivity contribution in [3.05, 3.63) is 66.0 Å². The lowest BCUT2D eigenvalue weighted by Crippen LogP contribution is -1.99. The number of halogens is 1. The highest BCUT2D eigenvalue weighted by Crippen LogP contribution is 2.44. The Kier molecular flexibility index (Phi) is 3.53. The van der Waals surface area contributed by atoms with E-state index in [1.807, 2.05) is 42.5 Å². The van der Waals surface area contributed by atoms with E-state index in [2.05, 4.69) is 0 Å². The molecule has 1 nitrogen and oxygen atoms in total. The minimum absolute atomic E-state index is 0.174. The van der Waals surface area contributed by atoms with Gasteiger partial charge in [-0.25, -0.2) is 4.39 Å². The zero-order valence-electron chi connectivity index (χ0n) is 12.9. The number of fused-ring (bicyclic) bond motifs is 1. The topological polar surface area (TPSA) is 20.2 Å². The van der Waals surface area contributed by atoms with Crippen molar-refractivity contribution in [3.8, 4) is 16.9 Å². The van der Waals surface area contributed by atoms with E-state index >= 15 is 0 Å². The summed E-state index contributed by atoms with van der Waals surface area (Å²) in [4.78, 5) is 0. The van der Waals surface area contributed by atoms with Crippen LogP contribution >= 0.6 is 0 Å². The standard InChI is InChI=1S/C21H19FO/c22-19-11-5-10-16(14-6-1-2-7-14)20(19)18-13-12-15-8-3-4-9-17(15)21(18)23/h3-5,8-14,23H,1-2,6-7H2. The van der Waals surface area contributed by atoms with Gasteiger partial charge >= 0.3 is 0 Å². The predicted octanol–water partition coefficient (Wildman–Crippen LogP) is 6.01. The van der Waals surface area contributed by atoms with Gasteiger partial charge in [-0.3, -0.25) is 0 Å². The highest BCUT2D eigenvalue weighted by atomic mass is 19.1. The maximum absolute atomic E-state index is 14.7. The molecule has 0 heterocycles. The highest BCUT2D eigenvalue weighted by Gasteiger charge is 2.24. The highest BCUT2D eigenvalue weighted by molar-refractivity contribution is 5.95. The average molecular weight is 306 g/mol. The largest absolute Gasteiger partial charge is 0.507 e. The summed E-state index contributed by atoms with van der Waals surface area (Å²) in [5.74, 6) is 0.319. The average Bonchev–Trinajstić information content (AvgIpc) is 3.10. The summed E-state index contributed by atoms with van der Waals surface area (Å²) < 4.78 is 14.7. The number of hydrogen-bond acceptors (Lipinski definition) is 1. The molecule has 4 rings (SSSR count). The second kappa shape index (κ2) is 5.69. The molecular formula is C21H19FO. The van der Waals surface area contributed by atoms with Gasteiger partial charge in [0.1, 0.15) is 11.6 Å². The van der Waals surface area contributed by atoms with Gasteiger partial charge < -0.3 is 5.11 Å². The van der Waals surface area contributed by atoms with E-state index in [-0.39, 0.29) is 11.6 Å². The molecule has 2 heteroatoms. The summed E-state index contributed by atoms with van der Waals surface area (Å²) in [5.41, 5.74) is 2.21. The molecule has 116 valence electrons. The summed E-state index contributed by atoms with van der Waals surface area (Å²) in [6.07, 6.45) is 4.60. The van der Waals surface area contributed by atoms with Gasteiger partial charge in [-0.05, 0) is 41.8 Å². The van der Waals surface area contributed by atoms with Crippen molar-refractivity contribution >= 4 is 10.8 Å². The van der Waals surface area contributed by atoms with Crippen molar-refractivity contribution in [1.82, 2.24) is 0 Å². The van der Waals surface area contributed by atoms with Crippen LogP contribution in [0.25, 0.3) is 21.9 Å². The predicted molar refractivity (Wildman–Crippen MR) is 92.2 cm³/mol. The van der Waals surface area contributed by atoms with E-state index in [0.717, 1.165) is 29.2 Å². The Morgan fingerprint density at radius 1 is 0.870 bits per heavy atom. The molecule has 0 atom stereocenters. The lowest BCUT2D eigenvalue weighted by molar-refractivity contribution is 0.482. The van der Waals surface area contributed by atoms with Crippen LogP contribution in [0.1, 0.15) is 37.2 Å². The van der Waals surface area contributed by atoms with Gasteiger partial charge in [-0.15, -0.1) is 0 Å². The molecule has 3 aromatic carbocycles. The molecule has 1 aliphatic carbocycles. The third-order valence-electron chi connectivity index (χ3n) is 5.01. The number of rotatable bonds is 2. The molecule has 0 aliphatic heterocycles. The molecule has 23 heavy (non-hydrogen) atoms. The lowest BCUT2D eigenvalue weighted by atomic mass is 9.88. The van der Waals surface area contributed by atoms with Crippen molar-refractivity contribution < 1.29 is 9.50 Å². The first kappa shape index (κ1) is 14.3. The maximum Gasteiger partial charge on any atom is 0.131 e. The normalized spacial score (nSPS) is 15.3. The zero-order chi connectivity index (χ0) is 15.8. The summed E-state index contributed by atoms with van der Waals surface area (Å²) >= 11 is 0. The van der Waals surface area contributed by atoms with E-state index in [0.29, 0.717) is 17.0 Å². The van der Waals surface area contributed by atoms with Gasteiger partial charge in [0, 0.05) is 16.5 Å². The molecule has 0 radical (unpaired) electrons. The molecule has 1 fully saturated rings. The molecule has 0 unspecified atom stereocenters. The second-order valence-corrected chi connectivity index (χ2v) is 6.37. The molecular weight excluding hydrogens is 287 g/mol. The van der Waals surface area contributed by atoms with Gasteiger partial charge in [0.15, 0.2) is 0 Å².